The zero-order chi connectivity index (χ0) is 35.9. The molecule has 4 aromatic rings. The van der Waals surface area contributed by atoms with Gasteiger partial charge in [-0.3, -0.25) is 19.2 Å². The minimum atomic E-state index is -3.73. The first-order valence-corrected chi connectivity index (χ1v) is 17.1. The van der Waals surface area contributed by atoms with Gasteiger partial charge in [-0.15, -0.1) is 0 Å². The SMILES string of the molecule is Cn1nc(NS(C)(=O)=O)c2cccc(-c3nc(N)cnc3[C@H](Cc3cc(F)cc(F)c3)NC(=O)C[N+]3=NC(C(F)F)C4=C3C(F)(F)[C@@H]3C[C@H]43)c21. The van der Waals surface area contributed by atoms with Gasteiger partial charge in [0.1, 0.15) is 17.5 Å². The van der Waals surface area contributed by atoms with Crippen molar-refractivity contribution in [2.75, 3.05) is 23.3 Å². The first kappa shape index (κ1) is 33.4. The number of allylic oxidation sites excluding steroid dienone is 1. The topological polar surface area (TPSA) is 160 Å². The van der Waals surface area contributed by atoms with Crippen molar-refractivity contribution in [2.45, 2.75) is 37.3 Å². The maximum Gasteiger partial charge on any atom is 0.335 e. The number of hydrogen-bond acceptors (Lipinski definition) is 8. The Labute approximate surface area is 280 Å². The molecule has 1 amide bonds. The monoisotopic (exact) mass is 720 g/mol. The first-order valence-electron chi connectivity index (χ1n) is 15.2. The molecule has 0 spiro atoms. The number of benzene rings is 2. The molecule has 7 rings (SSSR count). The number of hydrogen-bond donors (Lipinski definition) is 3. The summed E-state index contributed by atoms with van der Waals surface area (Å²) >= 11 is 0. The van der Waals surface area contributed by atoms with E-state index >= 15 is 8.78 Å². The van der Waals surface area contributed by atoms with Crippen LogP contribution in [-0.2, 0) is 28.3 Å². The quantitative estimate of drug-likeness (QED) is 0.163. The number of anilines is 2. The van der Waals surface area contributed by atoms with E-state index in [4.69, 9.17) is 5.73 Å². The largest absolute Gasteiger partial charge is 0.382 e. The number of aryl methyl sites for hydroxylation is 1. The fraction of sp³-hybridized carbons (Fsp3) is 0.355. The average Bonchev–Trinajstić information content (AvgIpc) is 3.56. The van der Waals surface area contributed by atoms with Crippen molar-refractivity contribution in [2.24, 2.45) is 24.0 Å². The summed E-state index contributed by atoms with van der Waals surface area (Å²) in [6.07, 6.45) is -1.16. The van der Waals surface area contributed by atoms with Gasteiger partial charge < -0.3 is 11.1 Å². The molecular formula is C31H28F6N9O3S+. The van der Waals surface area contributed by atoms with Crippen LogP contribution in [0.4, 0.5) is 38.0 Å². The summed E-state index contributed by atoms with van der Waals surface area (Å²) in [6, 6.07) is 4.46. The molecule has 1 aliphatic heterocycles. The number of para-hydroxylation sites is 1. The smallest absolute Gasteiger partial charge is 0.335 e. The van der Waals surface area contributed by atoms with E-state index in [1.807, 2.05) is 0 Å². The summed E-state index contributed by atoms with van der Waals surface area (Å²) in [5.74, 6) is -8.11. The summed E-state index contributed by atoms with van der Waals surface area (Å²) in [5.41, 5.74) is 6.05. The maximum atomic E-state index is 15.2. The predicted molar refractivity (Wildman–Crippen MR) is 166 cm³/mol. The van der Waals surface area contributed by atoms with Gasteiger partial charge in [0, 0.05) is 35.6 Å². The number of nitrogen functional groups attached to an aromatic ring is 1. The number of azo groups is 2. The summed E-state index contributed by atoms with van der Waals surface area (Å²) in [5, 5.41) is 11.1. The number of carbonyl (C=O) groups excluding carboxylic acids is 1. The molecule has 0 radical (unpaired) electrons. The minimum absolute atomic E-state index is 0.0110. The lowest BCUT2D eigenvalue weighted by Gasteiger charge is -2.21. The Morgan fingerprint density at radius 2 is 1.90 bits per heavy atom. The van der Waals surface area contributed by atoms with E-state index in [0.717, 1.165) is 18.4 Å². The second-order valence-corrected chi connectivity index (χ2v) is 14.3. The van der Waals surface area contributed by atoms with Gasteiger partial charge in [-0.25, -0.2) is 31.0 Å². The molecule has 3 aliphatic rings. The van der Waals surface area contributed by atoms with Crippen molar-refractivity contribution in [3.05, 3.63) is 76.8 Å². The van der Waals surface area contributed by atoms with Crippen molar-refractivity contribution in [1.82, 2.24) is 25.1 Å². The normalized spacial score (nSPS) is 21.3. The Balaban J connectivity index is 1.30. The Morgan fingerprint density at radius 3 is 2.58 bits per heavy atom. The molecular weight excluding hydrogens is 692 g/mol. The van der Waals surface area contributed by atoms with Crippen molar-refractivity contribution < 1.29 is 44.3 Å². The summed E-state index contributed by atoms with van der Waals surface area (Å²) in [6.45, 7) is -0.860. The molecule has 2 aromatic heterocycles. The summed E-state index contributed by atoms with van der Waals surface area (Å²) in [4.78, 5) is 22.5. The van der Waals surface area contributed by atoms with E-state index in [1.54, 1.807) is 25.2 Å². The van der Waals surface area contributed by atoms with Crippen LogP contribution in [0, 0.1) is 23.5 Å². The molecule has 50 heavy (non-hydrogen) atoms. The van der Waals surface area contributed by atoms with Crippen LogP contribution in [0.3, 0.4) is 0 Å². The number of rotatable bonds is 10. The highest BCUT2D eigenvalue weighted by molar-refractivity contribution is 7.92. The van der Waals surface area contributed by atoms with Gasteiger partial charge in [0.2, 0.25) is 16.1 Å². The minimum Gasteiger partial charge on any atom is -0.382 e. The van der Waals surface area contributed by atoms with Gasteiger partial charge in [0.15, 0.2) is 5.82 Å². The number of nitrogens with one attached hydrogen (secondary N) is 2. The van der Waals surface area contributed by atoms with Crippen LogP contribution in [0.25, 0.3) is 22.2 Å². The molecule has 4 atom stereocenters. The lowest BCUT2D eigenvalue weighted by Crippen LogP contribution is -2.38. The number of carbonyl (C=O) groups is 1. The molecule has 2 aromatic carbocycles. The predicted octanol–water partition coefficient (Wildman–Crippen LogP) is 4.31. The van der Waals surface area contributed by atoms with Crippen LogP contribution in [0.2, 0.25) is 0 Å². The number of halogens is 6. The molecule has 3 heterocycles. The Kier molecular flexibility index (Phi) is 7.87. The summed E-state index contributed by atoms with van der Waals surface area (Å²) in [7, 11) is -2.19. The van der Waals surface area contributed by atoms with E-state index in [1.165, 1.54) is 10.9 Å². The van der Waals surface area contributed by atoms with Gasteiger partial charge in [-0.05, 0) is 47.6 Å². The molecule has 1 saturated carbocycles. The molecule has 0 bridgehead atoms. The highest BCUT2D eigenvalue weighted by Gasteiger charge is 2.74. The first-order chi connectivity index (χ1) is 23.5. The lowest BCUT2D eigenvalue weighted by molar-refractivity contribution is -0.548. The fourth-order valence-electron chi connectivity index (χ4n) is 6.94. The van der Waals surface area contributed by atoms with Gasteiger partial charge in [0.05, 0.1) is 35.4 Å². The van der Waals surface area contributed by atoms with Crippen LogP contribution in [-0.4, -0.2) is 70.0 Å². The van der Waals surface area contributed by atoms with Gasteiger partial charge >= 0.3 is 5.92 Å². The number of amides is 1. The third-order valence-corrected chi connectivity index (χ3v) is 9.43. The van der Waals surface area contributed by atoms with Gasteiger partial charge in [-0.1, -0.05) is 16.8 Å². The molecule has 1 fully saturated rings. The van der Waals surface area contributed by atoms with Crippen LogP contribution in [0.5, 0.6) is 0 Å². The number of fused-ring (bicyclic) bond motifs is 3. The van der Waals surface area contributed by atoms with E-state index < -0.39 is 76.1 Å². The van der Waals surface area contributed by atoms with Gasteiger partial charge in [0.25, 0.3) is 24.6 Å². The number of aromatic nitrogens is 4. The van der Waals surface area contributed by atoms with Crippen molar-refractivity contribution in [3.8, 4) is 11.3 Å². The second kappa shape index (κ2) is 11.8. The zero-order valence-corrected chi connectivity index (χ0v) is 27.0. The van der Waals surface area contributed by atoms with Crippen LogP contribution < -0.4 is 15.8 Å². The third kappa shape index (κ3) is 5.92. The van der Waals surface area contributed by atoms with E-state index in [-0.39, 0.29) is 47.0 Å². The summed E-state index contributed by atoms with van der Waals surface area (Å²) < 4.78 is 115. The standard InChI is InChI=1S/C31H27F6N9O3S/c1-45-27-16(4-3-5-17(27)30(43-45)44-50(2,48)49)24-25(39-11-21(38)41-24)20(8-13-6-14(32)9-15(33)7-13)40-22(47)12-46-28-23(26(42-46)29(34)35)18-10-19(18)31(28,36)37/h3-7,9,11,18-20,26,29H,8,10,12H2,1-2H3,(H3-,38,40,41,43,44,47)/p+1/t18-,19+,20-,26?/m0/s1. The van der Waals surface area contributed by atoms with Crippen molar-refractivity contribution in [3.63, 3.8) is 0 Å². The highest BCUT2D eigenvalue weighted by atomic mass is 32.2. The number of alkyl halides is 4. The number of nitrogens with zero attached hydrogens (tertiary/aromatic N) is 6. The molecule has 4 N–H and O–H groups in total. The van der Waals surface area contributed by atoms with Crippen LogP contribution >= 0.6 is 0 Å². The highest BCUT2D eigenvalue weighted by Crippen LogP contribution is 2.65. The van der Waals surface area contributed by atoms with E-state index in [0.29, 0.717) is 27.2 Å². The molecule has 19 heteroatoms. The van der Waals surface area contributed by atoms with Gasteiger partial charge in [-0.2, -0.15) is 13.9 Å². The Morgan fingerprint density at radius 1 is 1.18 bits per heavy atom. The third-order valence-electron chi connectivity index (χ3n) is 8.87. The molecule has 2 aliphatic carbocycles. The lowest BCUT2D eigenvalue weighted by atomic mass is 9.97. The Hall–Kier alpha value is -5.07. The molecule has 262 valence electrons. The average molecular weight is 721 g/mol. The molecule has 12 nitrogen and oxygen atoms in total. The molecule has 1 unspecified atom stereocenters. The van der Waals surface area contributed by atoms with E-state index in [2.05, 4.69) is 30.2 Å². The van der Waals surface area contributed by atoms with Crippen molar-refractivity contribution >= 4 is 38.5 Å². The number of nitrogens with two attached hydrogens (primary N) is 1. The van der Waals surface area contributed by atoms with Crippen LogP contribution in [0.1, 0.15) is 23.7 Å². The fourth-order valence-corrected chi connectivity index (χ4v) is 7.44. The number of sulfonamides is 1. The van der Waals surface area contributed by atoms with Crippen molar-refractivity contribution in [1.29, 1.82) is 0 Å². The zero-order valence-electron chi connectivity index (χ0n) is 26.2. The van der Waals surface area contributed by atoms with E-state index in [9.17, 15) is 30.8 Å². The van der Waals surface area contributed by atoms with Crippen LogP contribution in [0.15, 0.2) is 59.0 Å². The second-order valence-electron chi connectivity index (χ2n) is 12.5. The molecule has 0 saturated heterocycles. The Bertz CT molecular complexity index is 2240. The maximum absolute atomic E-state index is 15.2.